The Morgan fingerprint density at radius 2 is 1.96 bits per heavy atom. The van der Waals surface area contributed by atoms with Crippen LogP contribution in [0, 0.1) is 36.0 Å². The van der Waals surface area contributed by atoms with Gasteiger partial charge in [-0.1, -0.05) is 100 Å². The minimum atomic E-state index is -0.440. The second-order valence-electron chi connectivity index (χ2n) is 14.1. The lowest BCUT2D eigenvalue weighted by Crippen LogP contribution is -2.50. The standard InChI is InChI=1S/C40H57NO5/c1-9-10-15-28(4)39-41-34(30(6)45-39)19-20-36-27(3)16-11-12-17-31-23-29(5)38-33(24-32(44-8)25-35(38)42)40(31,7)22-21-26(2)14-13-18-37(43)46-36/h11-12,14,16-17,19-23,27-28,31-33,35-36,38,42H,9-10,13,15,18,24-25H2,1-8H3/b16-11+,17-12+,20-19+,22-21+,26-14-. The summed E-state index contributed by atoms with van der Waals surface area (Å²) in [6.07, 6.45) is 26.4. The van der Waals surface area contributed by atoms with Crippen LogP contribution in [0.25, 0.3) is 6.08 Å². The highest BCUT2D eigenvalue weighted by Crippen LogP contribution is 2.54. The van der Waals surface area contributed by atoms with Crippen molar-refractivity contribution in [3.63, 3.8) is 0 Å². The molecule has 1 aliphatic heterocycles. The van der Waals surface area contributed by atoms with Gasteiger partial charge in [0.05, 0.1) is 12.2 Å². The van der Waals surface area contributed by atoms with E-state index < -0.39 is 12.2 Å². The molecule has 0 amide bonds. The van der Waals surface area contributed by atoms with Crippen LogP contribution in [0.5, 0.6) is 0 Å². The van der Waals surface area contributed by atoms with Gasteiger partial charge in [0, 0.05) is 43.6 Å². The maximum Gasteiger partial charge on any atom is 0.306 e. The number of carbonyl (C=O) groups is 1. The van der Waals surface area contributed by atoms with E-state index in [0.717, 1.165) is 48.6 Å². The van der Waals surface area contributed by atoms with E-state index >= 15 is 0 Å². The fraction of sp³-hybridized carbons (Fsp3) is 0.600. The number of cyclic esters (lactones) is 1. The zero-order valence-corrected chi connectivity index (χ0v) is 29.4. The fourth-order valence-electron chi connectivity index (χ4n) is 7.46. The molecular weight excluding hydrogens is 574 g/mol. The number of fused-ring (bicyclic) bond motifs is 3. The molecule has 2 aliphatic carbocycles. The molecule has 0 radical (unpaired) electrons. The number of aromatic nitrogens is 1. The van der Waals surface area contributed by atoms with Gasteiger partial charge in [-0.25, -0.2) is 4.98 Å². The summed E-state index contributed by atoms with van der Waals surface area (Å²) in [5, 5.41) is 11.2. The van der Waals surface area contributed by atoms with E-state index in [2.05, 4.69) is 90.2 Å². The molecule has 252 valence electrons. The summed E-state index contributed by atoms with van der Waals surface area (Å²) in [6.45, 7) is 14.9. The molecule has 46 heavy (non-hydrogen) atoms. The number of hydrogen-bond donors (Lipinski definition) is 1. The number of unbranched alkanes of at least 4 members (excludes halogenated alkanes) is 1. The first-order valence-electron chi connectivity index (χ1n) is 17.4. The van der Waals surface area contributed by atoms with Crippen molar-refractivity contribution < 1.29 is 23.8 Å². The molecule has 1 aromatic rings. The minimum Gasteiger partial charge on any atom is -0.457 e. The predicted molar refractivity (Wildman–Crippen MR) is 186 cm³/mol. The van der Waals surface area contributed by atoms with Crippen molar-refractivity contribution in [1.29, 1.82) is 0 Å². The van der Waals surface area contributed by atoms with Gasteiger partial charge >= 0.3 is 5.97 Å². The van der Waals surface area contributed by atoms with E-state index in [1.807, 2.05) is 19.1 Å². The number of ether oxygens (including phenoxy) is 2. The highest BCUT2D eigenvalue weighted by molar-refractivity contribution is 5.70. The average Bonchev–Trinajstić information content (AvgIpc) is 3.40. The summed E-state index contributed by atoms with van der Waals surface area (Å²) in [5.41, 5.74) is 2.94. The van der Waals surface area contributed by atoms with Gasteiger partial charge in [-0.05, 0) is 63.5 Å². The summed E-state index contributed by atoms with van der Waals surface area (Å²) in [7, 11) is 1.75. The number of carbonyl (C=O) groups excluding carboxylic acids is 1. The largest absolute Gasteiger partial charge is 0.457 e. The lowest BCUT2D eigenvalue weighted by Gasteiger charge is -2.53. The van der Waals surface area contributed by atoms with E-state index in [4.69, 9.17) is 18.9 Å². The highest BCUT2D eigenvalue weighted by Gasteiger charge is 2.51. The van der Waals surface area contributed by atoms with E-state index in [1.165, 1.54) is 5.57 Å². The van der Waals surface area contributed by atoms with Crippen LogP contribution in [0.4, 0.5) is 0 Å². The minimum absolute atomic E-state index is 0.0443. The van der Waals surface area contributed by atoms with Crippen molar-refractivity contribution in [1.82, 2.24) is 4.98 Å². The van der Waals surface area contributed by atoms with Gasteiger partial charge in [0.2, 0.25) is 0 Å². The van der Waals surface area contributed by atoms with Crippen molar-refractivity contribution >= 4 is 12.0 Å². The van der Waals surface area contributed by atoms with Gasteiger partial charge in [0.25, 0.3) is 0 Å². The second-order valence-corrected chi connectivity index (χ2v) is 14.1. The maximum absolute atomic E-state index is 13.0. The average molecular weight is 632 g/mol. The highest BCUT2D eigenvalue weighted by atomic mass is 16.5. The maximum atomic E-state index is 13.0. The molecule has 6 heteroatoms. The van der Waals surface area contributed by atoms with Gasteiger partial charge in [-0.3, -0.25) is 4.79 Å². The third-order valence-electron chi connectivity index (χ3n) is 10.5. The van der Waals surface area contributed by atoms with Crippen LogP contribution >= 0.6 is 0 Å². The Labute approximate surface area is 277 Å². The molecule has 1 N–H and O–H groups in total. The number of aliphatic hydroxyl groups is 1. The Hall–Kier alpha value is -2.96. The molecule has 6 nitrogen and oxygen atoms in total. The number of aryl methyl sites for hydroxylation is 1. The predicted octanol–water partition coefficient (Wildman–Crippen LogP) is 9.23. The van der Waals surface area contributed by atoms with E-state index in [-0.39, 0.29) is 47.1 Å². The number of rotatable bonds is 7. The van der Waals surface area contributed by atoms with Gasteiger partial charge < -0.3 is 19.0 Å². The zero-order valence-electron chi connectivity index (χ0n) is 29.4. The van der Waals surface area contributed by atoms with Crippen LogP contribution in [0.2, 0.25) is 0 Å². The number of oxazole rings is 1. The smallest absolute Gasteiger partial charge is 0.306 e. The van der Waals surface area contributed by atoms with Crippen LogP contribution in [-0.2, 0) is 14.3 Å². The molecule has 4 rings (SSSR count). The molecule has 9 atom stereocenters. The first kappa shape index (κ1) is 35.9. The summed E-state index contributed by atoms with van der Waals surface area (Å²) in [6, 6.07) is 0. The quantitative estimate of drug-likeness (QED) is 0.239. The Balaban J connectivity index is 1.62. The number of esters is 1. The molecule has 0 saturated heterocycles. The SMILES string of the molecule is CCCCC(C)c1nc(/C=C/C2OC(=O)CC/C=C(C)\C=C\C3(C)C(C=C(C)C4C(O)CC(OC)CC43)/C=C/C=C/C2C)c(C)o1. The van der Waals surface area contributed by atoms with Gasteiger partial charge in [-0.2, -0.15) is 0 Å². The Morgan fingerprint density at radius 1 is 1.20 bits per heavy atom. The molecule has 0 aromatic carbocycles. The van der Waals surface area contributed by atoms with Crippen molar-refractivity contribution in [2.75, 3.05) is 7.11 Å². The third-order valence-corrected chi connectivity index (χ3v) is 10.5. The monoisotopic (exact) mass is 631 g/mol. The van der Waals surface area contributed by atoms with E-state index in [9.17, 15) is 9.90 Å². The van der Waals surface area contributed by atoms with Crippen LogP contribution in [0.3, 0.4) is 0 Å². The first-order valence-corrected chi connectivity index (χ1v) is 17.4. The molecular formula is C40H57NO5. The lowest BCUT2D eigenvalue weighted by atomic mass is 9.53. The van der Waals surface area contributed by atoms with E-state index in [1.54, 1.807) is 7.11 Å². The molecule has 3 aliphatic rings. The molecule has 0 spiro atoms. The van der Waals surface area contributed by atoms with Gasteiger partial charge in [-0.15, -0.1) is 0 Å². The molecule has 2 heterocycles. The number of hydrogen-bond acceptors (Lipinski definition) is 6. The summed E-state index contributed by atoms with van der Waals surface area (Å²) in [4.78, 5) is 17.8. The van der Waals surface area contributed by atoms with Crippen molar-refractivity contribution in [3.05, 3.63) is 83.2 Å². The molecule has 1 aromatic heterocycles. The first-order chi connectivity index (χ1) is 22.0. The van der Waals surface area contributed by atoms with Crippen LogP contribution in [-0.4, -0.2) is 41.5 Å². The Morgan fingerprint density at radius 3 is 2.70 bits per heavy atom. The normalized spacial score (nSPS) is 36.5. The number of allylic oxidation sites excluding steroid dienone is 8. The lowest BCUT2D eigenvalue weighted by molar-refractivity contribution is -0.148. The van der Waals surface area contributed by atoms with Crippen molar-refractivity contribution in [2.24, 2.45) is 29.1 Å². The van der Waals surface area contributed by atoms with Gasteiger partial charge in [0.1, 0.15) is 17.6 Å². The number of methoxy groups -OCH3 is 1. The summed E-state index contributed by atoms with van der Waals surface area (Å²) >= 11 is 0. The van der Waals surface area contributed by atoms with E-state index in [0.29, 0.717) is 19.3 Å². The molecule has 0 bridgehead atoms. The number of aliphatic hydroxyl groups excluding tert-OH is 1. The van der Waals surface area contributed by atoms with Crippen LogP contribution in [0.15, 0.2) is 70.2 Å². The molecule has 1 fully saturated rings. The Bertz CT molecular complexity index is 1360. The third kappa shape index (κ3) is 8.68. The zero-order chi connectivity index (χ0) is 33.4. The van der Waals surface area contributed by atoms with Crippen molar-refractivity contribution in [2.45, 2.75) is 118 Å². The number of nitrogens with zero attached hydrogens (tertiary/aromatic N) is 1. The second kappa shape index (κ2) is 16.2. The Kier molecular flexibility index (Phi) is 12.7. The molecule has 1 saturated carbocycles. The topological polar surface area (TPSA) is 81.8 Å². The van der Waals surface area contributed by atoms with Gasteiger partial charge in [0.15, 0.2) is 5.89 Å². The summed E-state index contributed by atoms with van der Waals surface area (Å²) < 4.78 is 17.8. The van der Waals surface area contributed by atoms with Crippen molar-refractivity contribution in [3.8, 4) is 0 Å². The molecule has 9 unspecified atom stereocenters. The summed E-state index contributed by atoms with van der Waals surface area (Å²) in [5.74, 6) is 2.04. The van der Waals surface area contributed by atoms with Crippen LogP contribution < -0.4 is 0 Å². The van der Waals surface area contributed by atoms with Crippen LogP contribution in [0.1, 0.15) is 110 Å². The fourth-order valence-corrected chi connectivity index (χ4v) is 7.46.